The van der Waals surface area contributed by atoms with Crippen molar-refractivity contribution in [2.45, 2.75) is 38.1 Å². The molecule has 1 saturated carbocycles. The third kappa shape index (κ3) is 5.89. The topological polar surface area (TPSA) is 71.3 Å². The number of ether oxygens (including phenoxy) is 2. The quantitative estimate of drug-likeness (QED) is 0.404. The van der Waals surface area contributed by atoms with Gasteiger partial charge in [-0.1, -0.05) is 41.3 Å². The SMILES string of the molecule is N#Cc1ccc(Oc2cc(Oc3cccc(Br)c3)cc(C(=O)NC3CCCCC3)c2)cc1. The number of nitrogens with one attached hydrogen (secondary N) is 1. The van der Waals surface area contributed by atoms with Crippen LogP contribution in [0.1, 0.15) is 48.0 Å². The third-order valence-corrected chi connectivity index (χ3v) is 5.83. The molecule has 3 aromatic carbocycles. The molecule has 0 heterocycles. The first-order valence-electron chi connectivity index (χ1n) is 10.7. The highest BCUT2D eigenvalue weighted by Crippen LogP contribution is 2.31. The Morgan fingerprint density at radius 3 is 2.22 bits per heavy atom. The molecule has 4 rings (SSSR count). The summed E-state index contributed by atoms with van der Waals surface area (Å²) in [5.74, 6) is 2.07. The van der Waals surface area contributed by atoms with Crippen molar-refractivity contribution in [1.29, 1.82) is 5.26 Å². The van der Waals surface area contributed by atoms with Gasteiger partial charge in [-0.25, -0.2) is 0 Å². The van der Waals surface area contributed by atoms with Gasteiger partial charge in [0.2, 0.25) is 0 Å². The number of benzene rings is 3. The standard InChI is InChI=1S/C26H23BrN2O3/c27-20-5-4-8-23(15-20)32-25-14-19(26(30)29-21-6-2-1-3-7-21)13-24(16-25)31-22-11-9-18(17-28)10-12-22/h4-5,8-16,21H,1-3,6-7H2,(H,29,30). The van der Waals surface area contributed by atoms with Crippen LogP contribution in [0.5, 0.6) is 23.0 Å². The molecule has 3 aromatic rings. The van der Waals surface area contributed by atoms with Gasteiger partial charge in [0.25, 0.3) is 5.91 Å². The van der Waals surface area contributed by atoms with Gasteiger partial charge in [-0.2, -0.15) is 5.26 Å². The van der Waals surface area contributed by atoms with E-state index in [1.54, 1.807) is 42.5 Å². The molecule has 1 aliphatic carbocycles. The Morgan fingerprint density at radius 1 is 0.875 bits per heavy atom. The van der Waals surface area contributed by atoms with Crippen LogP contribution in [0.15, 0.2) is 71.2 Å². The fourth-order valence-electron chi connectivity index (χ4n) is 3.74. The molecule has 0 atom stereocenters. The zero-order chi connectivity index (χ0) is 22.3. The summed E-state index contributed by atoms with van der Waals surface area (Å²) in [6.07, 6.45) is 5.53. The summed E-state index contributed by atoms with van der Waals surface area (Å²) >= 11 is 3.45. The lowest BCUT2D eigenvalue weighted by atomic mass is 9.95. The van der Waals surface area contributed by atoms with Crippen LogP contribution in [0.3, 0.4) is 0 Å². The highest BCUT2D eigenvalue weighted by atomic mass is 79.9. The lowest BCUT2D eigenvalue weighted by Crippen LogP contribution is -2.36. The molecule has 0 radical (unpaired) electrons. The molecule has 162 valence electrons. The van der Waals surface area contributed by atoms with Crippen molar-refractivity contribution in [2.24, 2.45) is 0 Å². The Kier molecular flexibility index (Phi) is 7.08. The van der Waals surface area contributed by atoms with E-state index >= 15 is 0 Å². The number of nitrogens with zero attached hydrogens (tertiary/aromatic N) is 1. The largest absolute Gasteiger partial charge is 0.457 e. The first-order valence-corrected chi connectivity index (χ1v) is 11.5. The van der Waals surface area contributed by atoms with Crippen LogP contribution in [0.25, 0.3) is 0 Å². The molecule has 0 spiro atoms. The molecule has 0 unspecified atom stereocenters. The lowest BCUT2D eigenvalue weighted by molar-refractivity contribution is 0.0927. The smallest absolute Gasteiger partial charge is 0.251 e. The van der Waals surface area contributed by atoms with Crippen LogP contribution in [0, 0.1) is 11.3 Å². The predicted octanol–water partition coefficient (Wildman–Crippen LogP) is 6.97. The molecule has 0 aliphatic heterocycles. The number of nitriles is 1. The van der Waals surface area contributed by atoms with Gasteiger partial charge in [0.05, 0.1) is 11.6 Å². The number of halogens is 1. The minimum atomic E-state index is -0.138. The van der Waals surface area contributed by atoms with E-state index in [4.69, 9.17) is 14.7 Å². The van der Waals surface area contributed by atoms with E-state index < -0.39 is 0 Å². The van der Waals surface area contributed by atoms with Crippen molar-refractivity contribution in [3.63, 3.8) is 0 Å². The van der Waals surface area contributed by atoms with Crippen molar-refractivity contribution < 1.29 is 14.3 Å². The molecule has 1 aliphatic rings. The molecule has 32 heavy (non-hydrogen) atoms. The summed E-state index contributed by atoms with van der Waals surface area (Å²) in [7, 11) is 0. The van der Waals surface area contributed by atoms with E-state index in [0.717, 1.165) is 30.2 Å². The van der Waals surface area contributed by atoms with E-state index in [2.05, 4.69) is 27.3 Å². The zero-order valence-corrected chi connectivity index (χ0v) is 19.1. The van der Waals surface area contributed by atoms with Crippen LogP contribution < -0.4 is 14.8 Å². The van der Waals surface area contributed by atoms with Gasteiger partial charge >= 0.3 is 0 Å². The molecule has 0 bridgehead atoms. The molecule has 0 saturated heterocycles. The Balaban J connectivity index is 1.60. The Morgan fingerprint density at radius 2 is 1.56 bits per heavy atom. The summed E-state index contributed by atoms with van der Waals surface area (Å²) in [5, 5.41) is 12.1. The van der Waals surface area contributed by atoms with Gasteiger partial charge < -0.3 is 14.8 Å². The molecule has 1 amide bonds. The highest BCUT2D eigenvalue weighted by Gasteiger charge is 2.18. The first kappa shape index (κ1) is 21.9. The van der Waals surface area contributed by atoms with Crippen LogP contribution in [-0.4, -0.2) is 11.9 Å². The van der Waals surface area contributed by atoms with E-state index in [-0.39, 0.29) is 11.9 Å². The summed E-state index contributed by atoms with van der Waals surface area (Å²) in [6.45, 7) is 0. The molecule has 5 nitrogen and oxygen atoms in total. The fraction of sp³-hybridized carbons (Fsp3) is 0.231. The second-order valence-corrected chi connectivity index (χ2v) is 8.71. The maximum absolute atomic E-state index is 13.0. The van der Waals surface area contributed by atoms with Gasteiger partial charge in [-0.15, -0.1) is 0 Å². The van der Waals surface area contributed by atoms with Crippen molar-refractivity contribution in [1.82, 2.24) is 5.32 Å². The van der Waals surface area contributed by atoms with Crippen molar-refractivity contribution in [3.8, 4) is 29.1 Å². The van der Waals surface area contributed by atoms with E-state index in [9.17, 15) is 4.79 Å². The van der Waals surface area contributed by atoms with Gasteiger partial charge in [-0.3, -0.25) is 4.79 Å². The number of hydrogen-bond donors (Lipinski definition) is 1. The fourth-order valence-corrected chi connectivity index (χ4v) is 4.11. The average Bonchev–Trinajstić information content (AvgIpc) is 2.80. The minimum absolute atomic E-state index is 0.138. The Hall–Kier alpha value is -3.30. The highest BCUT2D eigenvalue weighted by molar-refractivity contribution is 9.10. The van der Waals surface area contributed by atoms with E-state index in [1.807, 2.05) is 24.3 Å². The third-order valence-electron chi connectivity index (χ3n) is 5.33. The summed E-state index contributed by atoms with van der Waals surface area (Å²) in [5.41, 5.74) is 1.03. The Bertz CT molecular complexity index is 1130. The van der Waals surface area contributed by atoms with E-state index in [0.29, 0.717) is 34.1 Å². The van der Waals surface area contributed by atoms with Crippen LogP contribution >= 0.6 is 15.9 Å². The number of amides is 1. The van der Waals surface area contributed by atoms with Crippen LogP contribution in [0.2, 0.25) is 0 Å². The van der Waals surface area contributed by atoms with Crippen molar-refractivity contribution in [3.05, 3.63) is 82.3 Å². The number of hydrogen-bond acceptors (Lipinski definition) is 4. The normalized spacial score (nSPS) is 13.8. The molecule has 0 aromatic heterocycles. The second kappa shape index (κ2) is 10.3. The molecular formula is C26H23BrN2O3. The van der Waals surface area contributed by atoms with Crippen LogP contribution in [0.4, 0.5) is 0 Å². The number of carbonyl (C=O) groups is 1. The van der Waals surface area contributed by atoms with Crippen molar-refractivity contribution >= 4 is 21.8 Å². The number of rotatable bonds is 6. The molecule has 1 fully saturated rings. The minimum Gasteiger partial charge on any atom is -0.457 e. The average molecular weight is 491 g/mol. The Labute approximate surface area is 196 Å². The van der Waals surface area contributed by atoms with Gasteiger partial charge in [0.1, 0.15) is 23.0 Å². The maximum atomic E-state index is 13.0. The first-order chi connectivity index (χ1) is 15.6. The number of carbonyl (C=O) groups excluding carboxylic acids is 1. The maximum Gasteiger partial charge on any atom is 0.251 e. The lowest BCUT2D eigenvalue weighted by Gasteiger charge is -2.23. The summed E-state index contributed by atoms with van der Waals surface area (Å²) in [4.78, 5) is 13.0. The van der Waals surface area contributed by atoms with Gasteiger partial charge in [-0.05, 0) is 67.4 Å². The van der Waals surface area contributed by atoms with E-state index in [1.165, 1.54) is 6.42 Å². The summed E-state index contributed by atoms with van der Waals surface area (Å²) < 4.78 is 12.9. The predicted molar refractivity (Wildman–Crippen MR) is 126 cm³/mol. The zero-order valence-electron chi connectivity index (χ0n) is 17.5. The van der Waals surface area contributed by atoms with Gasteiger partial charge in [0.15, 0.2) is 0 Å². The summed E-state index contributed by atoms with van der Waals surface area (Å²) in [6, 6.07) is 21.8. The second-order valence-electron chi connectivity index (χ2n) is 7.80. The monoisotopic (exact) mass is 490 g/mol. The molecule has 1 N–H and O–H groups in total. The van der Waals surface area contributed by atoms with Crippen molar-refractivity contribution in [2.75, 3.05) is 0 Å². The molecule has 6 heteroatoms. The van der Waals surface area contributed by atoms with Gasteiger partial charge in [0, 0.05) is 22.1 Å². The van der Waals surface area contributed by atoms with Crippen LogP contribution in [-0.2, 0) is 0 Å². The molecular weight excluding hydrogens is 468 g/mol.